The Morgan fingerprint density at radius 3 is 1.85 bits per heavy atom. The topological polar surface area (TPSA) is 193 Å². The number of carboxylic acid groups (broad SMARTS) is 2. The summed E-state index contributed by atoms with van der Waals surface area (Å²) in [4.78, 5) is 19.7. The minimum absolute atomic E-state index is 0.00222. The van der Waals surface area contributed by atoms with Gasteiger partial charge in [-0.2, -0.15) is 8.42 Å². The second-order valence-corrected chi connectivity index (χ2v) is 7.96. The standard InChI is InChI=1S/C8H14O.C7H8O4S.C6H12N2O4/c1-4-6-7(3)8(9)5-2;1-5-4-6(12(9,10)11)2-3-7(5)8;9-5(10)3-7-1-2-8-4-6(11)12/h5-6,9H,4H2,1-3H3;2-4,8H,1H3,(H,9,10,11);7-8H,1-4H2,(H,9,10)(H,11,12)/b7-6-,8-5+;;. The van der Waals surface area contributed by atoms with Gasteiger partial charge in [0.05, 0.1) is 18.0 Å². The van der Waals surface area contributed by atoms with E-state index < -0.39 is 22.1 Å². The molecule has 33 heavy (non-hydrogen) atoms. The van der Waals surface area contributed by atoms with Gasteiger partial charge in [-0.15, -0.1) is 0 Å². The first kappa shape index (κ1) is 32.3. The summed E-state index contributed by atoms with van der Waals surface area (Å²) >= 11 is 0. The number of aromatic hydroxyl groups is 1. The Morgan fingerprint density at radius 1 is 1.03 bits per heavy atom. The van der Waals surface area contributed by atoms with Crippen LogP contribution in [0.25, 0.3) is 0 Å². The first-order chi connectivity index (χ1) is 15.3. The third-order valence-corrected chi connectivity index (χ3v) is 4.53. The maximum atomic E-state index is 10.6. The SMILES string of the molecule is C/C=C(O)\C(C)=C/CC.Cc1cc(S(=O)(=O)O)ccc1O.O=C(O)CNCCNCC(=O)O. The zero-order valence-electron chi connectivity index (χ0n) is 19.2. The highest BCUT2D eigenvalue weighted by atomic mass is 32.2. The highest BCUT2D eigenvalue weighted by Gasteiger charge is 2.09. The largest absolute Gasteiger partial charge is 0.508 e. The van der Waals surface area contributed by atoms with Gasteiger partial charge in [0.15, 0.2) is 0 Å². The zero-order valence-corrected chi connectivity index (χ0v) is 20.0. The number of aliphatic hydroxyl groups excluding tert-OH is 1. The fourth-order valence-corrected chi connectivity index (χ4v) is 2.56. The second kappa shape index (κ2) is 17.6. The van der Waals surface area contributed by atoms with Gasteiger partial charge in [0.1, 0.15) is 11.5 Å². The first-order valence-electron chi connectivity index (χ1n) is 9.90. The van der Waals surface area contributed by atoms with Crippen molar-refractivity contribution in [3.05, 3.63) is 47.2 Å². The van der Waals surface area contributed by atoms with Crippen LogP contribution in [0.15, 0.2) is 46.6 Å². The first-order valence-corrected chi connectivity index (χ1v) is 11.3. The summed E-state index contributed by atoms with van der Waals surface area (Å²) in [5, 5.41) is 39.7. The molecule has 7 N–H and O–H groups in total. The van der Waals surface area contributed by atoms with E-state index >= 15 is 0 Å². The van der Waals surface area contributed by atoms with Crippen LogP contribution in [0, 0.1) is 6.92 Å². The smallest absolute Gasteiger partial charge is 0.317 e. The molecular weight excluding hydrogens is 456 g/mol. The average molecular weight is 491 g/mol. The Kier molecular flexibility index (Phi) is 17.2. The molecule has 1 aromatic carbocycles. The van der Waals surface area contributed by atoms with Crippen molar-refractivity contribution in [1.82, 2.24) is 10.6 Å². The van der Waals surface area contributed by atoms with Crippen LogP contribution in [0.2, 0.25) is 0 Å². The quantitative estimate of drug-likeness (QED) is 0.110. The van der Waals surface area contributed by atoms with Crippen molar-refractivity contribution in [3.63, 3.8) is 0 Å². The number of carbonyl (C=O) groups is 2. The Morgan fingerprint density at radius 2 is 1.52 bits per heavy atom. The van der Waals surface area contributed by atoms with Crippen LogP contribution in [0.3, 0.4) is 0 Å². The zero-order chi connectivity index (χ0) is 26.0. The fraction of sp³-hybridized carbons (Fsp3) is 0.429. The Balaban J connectivity index is 0. The van der Waals surface area contributed by atoms with E-state index in [-0.39, 0.29) is 23.7 Å². The number of aliphatic hydroxyl groups is 1. The summed E-state index contributed by atoms with van der Waals surface area (Å²) < 4.78 is 29.7. The number of allylic oxidation sites excluding steroid dienone is 3. The van der Waals surface area contributed by atoms with Gasteiger partial charge in [-0.05, 0) is 62.6 Å². The summed E-state index contributed by atoms with van der Waals surface area (Å²) in [7, 11) is -4.15. The number of nitrogens with one attached hydrogen (secondary N) is 2. The van der Waals surface area contributed by atoms with E-state index in [1.807, 2.05) is 26.8 Å². The van der Waals surface area contributed by atoms with Gasteiger partial charge < -0.3 is 31.1 Å². The van der Waals surface area contributed by atoms with Crippen molar-refractivity contribution in [2.45, 2.75) is 39.0 Å². The third-order valence-electron chi connectivity index (χ3n) is 3.68. The van der Waals surface area contributed by atoms with Crippen molar-refractivity contribution in [1.29, 1.82) is 0 Å². The molecule has 0 aliphatic heterocycles. The summed E-state index contributed by atoms with van der Waals surface area (Å²) in [6, 6.07) is 3.56. The number of carboxylic acids is 2. The van der Waals surface area contributed by atoms with Crippen molar-refractivity contribution in [3.8, 4) is 5.75 Å². The second-order valence-electron chi connectivity index (χ2n) is 6.53. The van der Waals surface area contributed by atoms with E-state index in [1.165, 1.54) is 12.1 Å². The number of hydrogen-bond donors (Lipinski definition) is 7. The molecule has 12 heteroatoms. The molecule has 0 bridgehead atoms. The lowest BCUT2D eigenvalue weighted by Crippen LogP contribution is -2.33. The maximum absolute atomic E-state index is 10.6. The number of benzene rings is 1. The highest BCUT2D eigenvalue weighted by Crippen LogP contribution is 2.19. The van der Waals surface area contributed by atoms with Gasteiger partial charge in [-0.25, -0.2) is 0 Å². The van der Waals surface area contributed by atoms with Gasteiger partial charge in [-0.3, -0.25) is 14.1 Å². The van der Waals surface area contributed by atoms with Gasteiger partial charge in [0, 0.05) is 13.1 Å². The summed E-state index contributed by atoms with van der Waals surface area (Å²) in [5.41, 5.74) is 1.37. The van der Waals surface area contributed by atoms with Gasteiger partial charge in [0.25, 0.3) is 10.1 Å². The van der Waals surface area contributed by atoms with E-state index in [0.717, 1.165) is 18.1 Å². The molecule has 1 rings (SSSR count). The molecule has 0 heterocycles. The van der Waals surface area contributed by atoms with Gasteiger partial charge in [0.2, 0.25) is 0 Å². The van der Waals surface area contributed by atoms with Crippen LogP contribution >= 0.6 is 0 Å². The molecule has 0 atom stereocenters. The molecule has 0 spiro atoms. The molecule has 0 aliphatic rings. The summed E-state index contributed by atoms with van der Waals surface area (Å²) in [5.74, 6) is -1.46. The average Bonchev–Trinajstić information content (AvgIpc) is 2.72. The van der Waals surface area contributed by atoms with Crippen molar-refractivity contribution in [2.75, 3.05) is 26.2 Å². The molecule has 188 valence electrons. The molecule has 0 fully saturated rings. The number of hydrogen-bond acceptors (Lipinski definition) is 8. The summed E-state index contributed by atoms with van der Waals surface area (Å²) in [6.07, 6.45) is 4.67. The lowest BCUT2D eigenvalue weighted by atomic mass is 10.2. The van der Waals surface area contributed by atoms with E-state index in [2.05, 4.69) is 10.6 Å². The van der Waals surface area contributed by atoms with E-state index in [1.54, 1.807) is 13.0 Å². The van der Waals surface area contributed by atoms with Gasteiger partial charge in [-0.1, -0.05) is 13.0 Å². The van der Waals surface area contributed by atoms with Crippen LogP contribution < -0.4 is 10.6 Å². The Labute approximate surface area is 194 Å². The van der Waals surface area contributed by atoms with Crippen molar-refractivity contribution in [2.24, 2.45) is 0 Å². The predicted octanol–water partition coefficient (Wildman–Crippen LogP) is 2.09. The highest BCUT2D eigenvalue weighted by molar-refractivity contribution is 7.85. The predicted molar refractivity (Wildman–Crippen MR) is 124 cm³/mol. The third kappa shape index (κ3) is 18.4. The number of phenols is 1. The van der Waals surface area contributed by atoms with Crippen LogP contribution in [0.1, 0.15) is 32.8 Å². The Bertz CT molecular complexity index is 892. The minimum Gasteiger partial charge on any atom is -0.508 e. The molecule has 0 saturated carbocycles. The summed E-state index contributed by atoms with van der Waals surface area (Å²) in [6.45, 7) is 8.00. The molecule has 0 amide bonds. The minimum atomic E-state index is -4.15. The lowest BCUT2D eigenvalue weighted by Gasteiger charge is -2.01. The van der Waals surface area contributed by atoms with E-state index in [4.69, 9.17) is 25.0 Å². The van der Waals surface area contributed by atoms with Crippen LogP contribution in [0.4, 0.5) is 0 Å². The lowest BCUT2D eigenvalue weighted by molar-refractivity contribution is -0.137. The molecular formula is C21H34N2O9S. The molecule has 0 unspecified atom stereocenters. The number of aryl methyl sites for hydroxylation is 1. The Hall–Kier alpha value is -2.93. The van der Waals surface area contributed by atoms with Gasteiger partial charge >= 0.3 is 11.9 Å². The number of rotatable bonds is 10. The van der Waals surface area contributed by atoms with Crippen LogP contribution in [-0.4, -0.2) is 71.5 Å². The van der Waals surface area contributed by atoms with E-state index in [9.17, 15) is 18.0 Å². The molecule has 0 saturated heterocycles. The van der Waals surface area contributed by atoms with Crippen molar-refractivity contribution >= 4 is 22.1 Å². The molecule has 1 aromatic rings. The van der Waals surface area contributed by atoms with E-state index in [0.29, 0.717) is 24.4 Å². The maximum Gasteiger partial charge on any atom is 0.317 e. The van der Waals surface area contributed by atoms with Crippen molar-refractivity contribution < 1.29 is 43.0 Å². The fourth-order valence-electron chi connectivity index (χ4n) is 1.99. The molecule has 0 radical (unpaired) electrons. The normalized spacial score (nSPS) is 11.5. The van der Waals surface area contributed by atoms with Crippen LogP contribution in [0.5, 0.6) is 5.75 Å². The molecule has 0 aliphatic carbocycles. The number of aliphatic carboxylic acids is 2. The number of phenolic OH excluding ortho intramolecular Hbond substituents is 1. The molecule has 0 aromatic heterocycles. The monoisotopic (exact) mass is 490 g/mol. The molecule has 11 nitrogen and oxygen atoms in total. The van der Waals surface area contributed by atoms with Crippen LogP contribution in [-0.2, 0) is 19.7 Å².